The van der Waals surface area contributed by atoms with Crippen molar-refractivity contribution in [2.75, 3.05) is 0 Å². The van der Waals surface area contributed by atoms with E-state index in [4.69, 9.17) is 5.11 Å². The molecule has 0 atom stereocenters. The number of rotatable bonds is 3. The number of carbonyl (C=O) groups excluding carboxylic acids is 1. The fraction of sp³-hybridized carbons (Fsp3) is 0.0909. The number of nitrogens with one attached hydrogen (secondary N) is 2. The Hall–Kier alpha value is -2.50. The number of phenols is 2. The summed E-state index contributed by atoms with van der Waals surface area (Å²) in [7, 11) is 0. The van der Waals surface area contributed by atoms with Crippen LogP contribution in [0.4, 0.5) is 0 Å². The molecule has 0 spiro atoms. The van der Waals surface area contributed by atoms with Gasteiger partial charge in [0.2, 0.25) is 0 Å². The number of nitrogens with zero attached hydrogens (tertiary/aromatic N) is 1. The summed E-state index contributed by atoms with van der Waals surface area (Å²) >= 11 is 0. The summed E-state index contributed by atoms with van der Waals surface area (Å²) < 4.78 is 0. The number of hydrogen-bond acceptors (Lipinski definition) is 4. The first-order chi connectivity index (χ1) is 8.16. The van der Waals surface area contributed by atoms with Crippen LogP contribution in [0.5, 0.6) is 11.5 Å². The van der Waals surface area contributed by atoms with Gasteiger partial charge in [0.25, 0.3) is 5.91 Å². The average Bonchev–Trinajstić information content (AvgIpc) is 2.82. The maximum Gasteiger partial charge on any atom is 0.251 e. The van der Waals surface area contributed by atoms with Crippen LogP contribution in [0.1, 0.15) is 16.1 Å². The molecule has 1 heterocycles. The smallest absolute Gasteiger partial charge is 0.251 e. The van der Waals surface area contributed by atoms with E-state index in [1.807, 2.05) is 0 Å². The van der Waals surface area contributed by atoms with E-state index in [1.54, 1.807) is 6.20 Å². The molecule has 6 nitrogen and oxygen atoms in total. The van der Waals surface area contributed by atoms with Crippen molar-refractivity contribution in [1.82, 2.24) is 15.3 Å². The largest absolute Gasteiger partial charge is 0.504 e. The Morgan fingerprint density at radius 1 is 1.35 bits per heavy atom. The lowest BCUT2D eigenvalue weighted by Gasteiger charge is -2.04. The van der Waals surface area contributed by atoms with Crippen LogP contribution in [0.2, 0.25) is 0 Å². The van der Waals surface area contributed by atoms with Crippen molar-refractivity contribution in [2.45, 2.75) is 6.54 Å². The predicted molar refractivity (Wildman–Crippen MR) is 59.5 cm³/mol. The molecule has 0 saturated carbocycles. The number of H-pyrrole nitrogens is 1. The molecule has 17 heavy (non-hydrogen) atoms. The highest BCUT2D eigenvalue weighted by Gasteiger charge is 2.08. The number of imidazole rings is 1. The van der Waals surface area contributed by atoms with Gasteiger partial charge in [-0.25, -0.2) is 4.98 Å². The molecule has 2 aromatic rings. The Kier molecular flexibility index (Phi) is 2.95. The van der Waals surface area contributed by atoms with Crippen molar-refractivity contribution in [3.8, 4) is 11.5 Å². The molecular formula is C11H11N3O3. The molecule has 6 heteroatoms. The van der Waals surface area contributed by atoms with E-state index in [-0.39, 0.29) is 23.0 Å². The fourth-order valence-corrected chi connectivity index (χ4v) is 1.32. The Morgan fingerprint density at radius 3 is 2.82 bits per heavy atom. The number of phenolic OH excluding ortho intramolecular Hbond substituents is 2. The van der Waals surface area contributed by atoms with Crippen LogP contribution < -0.4 is 5.32 Å². The van der Waals surface area contributed by atoms with Crippen molar-refractivity contribution in [1.29, 1.82) is 0 Å². The second kappa shape index (κ2) is 4.56. The van der Waals surface area contributed by atoms with E-state index in [0.29, 0.717) is 6.54 Å². The number of amides is 1. The van der Waals surface area contributed by atoms with Gasteiger partial charge in [-0.1, -0.05) is 0 Å². The highest BCUT2D eigenvalue weighted by Crippen LogP contribution is 2.24. The third kappa shape index (κ3) is 2.54. The van der Waals surface area contributed by atoms with E-state index in [2.05, 4.69) is 15.3 Å². The van der Waals surface area contributed by atoms with E-state index >= 15 is 0 Å². The zero-order valence-corrected chi connectivity index (χ0v) is 8.84. The van der Waals surface area contributed by atoms with Crippen molar-refractivity contribution < 1.29 is 15.0 Å². The standard InChI is InChI=1S/C11H11N3O3/c15-9-2-1-7(3-10(9)16)11(17)13-5-8-4-12-6-14-8/h1-4,6,15-16H,5H2,(H,12,14)(H,13,17). The normalized spacial score (nSPS) is 10.1. The molecule has 0 bridgehead atoms. The SMILES string of the molecule is O=C(NCc1cnc[nH]1)c1ccc(O)c(O)c1. The minimum absolute atomic E-state index is 0.255. The number of aromatic hydroxyl groups is 2. The topological polar surface area (TPSA) is 98.2 Å². The molecule has 1 aromatic heterocycles. The first-order valence-corrected chi connectivity index (χ1v) is 4.94. The molecule has 0 aliphatic rings. The summed E-state index contributed by atoms with van der Waals surface area (Å²) in [6, 6.07) is 3.90. The molecule has 1 amide bonds. The van der Waals surface area contributed by atoms with Gasteiger partial charge in [-0.05, 0) is 18.2 Å². The molecular weight excluding hydrogens is 222 g/mol. The number of carbonyl (C=O) groups is 1. The van der Waals surface area contributed by atoms with E-state index < -0.39 is 0 Å². The summed E-state index contributed by atoms with van der Waals surface area (Å²) in [4.78, 5) is 18.3. The number of aromatic nitrogens is 2. The number of hydrogen-bond donors (Lipinski definition) is 4. The van der Waals surface area contributed by atoms with Crippen molar-refractivity contribution in [2.24, 2.45) is 0 Å². The molecule has 1 aromatic carbocycles. The lowest BCUT2D eigenvalue weighted by atomic mass is 10.2. The van der Waals surface area contributed by atoms with E-state index in [9.17, 15) is 9.90 Å². The first-order valence-electron chi connectivity index (χ1n) is 4.94. The van der Waals surface area contributed by atoms with Crippen LogP contribution >= 0.6 is 0 Å². The van der Waals surface area contributed by atoms with E-state index in [0.717, 1.165) is 5.69 Å². The fourth-order valence-electron chi connectivity index (χ4n) is 1.32. The van der Waals surface area contributed by atoms with Crippen LogP contribution in [0, 0.1) is 0 Å². The maximum absolute atomic E-state index is 11.7. The summed E-state index contributed by atoms with van der Waals surface area (Å²) in [6.45, 7) is 0.320. The van der Waals surface area contributed by atoms with Crippen molar-refractivity contribution in [3.05, 3.63) is 42.0 Å². The summed E-state index contributed by atoms with van der Waals surface area (Å²) in [6.07, 6.45) is 3.13. The molecule has 0 aliphatic carbocycles. The van der Waals surface area contributed by atoms with Gasteiger partial charge < -0.3 is 20.5 Å². The Balaban J connectivity index is 2.02. The average molecular weight is 233 g/mol. The van der Waals surface area contributed by atoms with Crippen LogP contribution in [-0.2, 0) is 6.54 Å². The first kappa shape index (κ1) is 11.0. The van der Waals surface area contributed by atoms with Gasteiger partial charge in [-0.3, -0.25) is 4.79 Å². The van der Waals surface area contributed by atoms with Crippen LogP contribution in [-0.4, -0.2) is 26.1 Å². The molecule has 88 valence electrons. The number of aromatic amines is 1. The maximum atomic E-state index is 11.7. The van der Waals surface area contributed by atoms with Crippen LogP contribution in [0.15, 0.2) is 30.7 Å². The van der Waals surface area contributed by atoms with Crippen LogP contribution in [0.3, 0.4) is 0 Å². The summed E-state index contributed by atoms with van der Waals surface area (Å²) in [5.41, 5.74) is 1.06. The molecule has 2 rings (SSSR count). The highest BCUT2D eigenvalue weighted by atomic mass is 16.3. The van der Waals surface area contributed by atoms with Gasteiger partial charge in [0, 0.05) is 11.8 Å². The third-order valence-electron chi connectivity index (χ3n) is 2.23. The number of benzene rings is 1. The van der Waals surface area contributed by atoms with E-state index in [1.165, 1.54) is 24.5 Å². The Bertz CT molecular complexity index is 523. The highest BCUT2D eigenvalue weighted by molar-refractivity contribution is 5.94. The lowest BCUT2D eigenvalue weighted by molar-refractivity contribution is 0.0950. The molecule has 0 fully saturated rings. The van der Waals surface area contributed by atoms with Crippen molar-refractivity contribution in [3.63, 3.8) is 0 Å². The quantitative estimate of drug-likeness (QED) is 0.588. The molecule has 0 radical (unpaired) electrons. The zero-order valence-electron chi connectivity index (χ0n) is 8.84. The lowest BCUT2D eigenvalue weighted by Crippen LogP contribution is -2.22. The molecule has 4 N–H and O–H groups in total. The second-order valence-corrected chi connectivity index (χ2v) is 3.46. The minimum atomic E-state index is -0.338. The van der Waals surface area contributed by atoms with Gasteiger partial charge in [0.15, 0.2) is 11.5 Å². The third-order valence-corrected chi connectivity index (χ3v) is 2.23. The van der Waals surface area contributed by atoms with Gasteiger partial charge in [-0.15, -0.1) is 0 Å². The molecule has 0 saturated heterocycles. The summed E-state index contributed by atoms with van der Waals surface area (Å²) in [5.74, 6) is -0.913. The zero-order chi connectivity index (χ0) is 12.3. The Labute approximate surface area is 96.9 Å². The van der Waals surface area contributed by atoms with Crippen LogP contribution in [0.25, 0.3) is 0 Å². The van der Waals surface area contributed by atoms with Gasteiger partial charge >= 0.3 is 0 Å². The minimum Gasteiger partial charge on any atom is -0.504 e. The Morgan fingerprint density at radius 2 is 2.18 bits per heavy atom. The second-order valence-electron chi connectivity index (χ2n) is 3.46. The molecule has 0 aliphatic heterocycles. The van der Waals surface area contributed by atoms with Gasteiger partial charge in [0.05, 0.1) is 18.6 Å². The van der Waals surface area contributed by atoms with Crippen molar-refractivity contribution >= 4 is 5.91 Å². The molecule has 0 unspecified atom stereocenters. The predicted octanol–water partition coefficient (Wildman–Crippen LogP) is 0.751. The monoisotopic (exact) mass is 233 g/mol. The van der Waals surface area contributed by atoms with Gasteiger partial charge in [0.1, 0.15) is 0 Å². The van der Waals surface area contributed by atoms with Gasteiger partial charge in [-0.2, -0.15) is 0 Å². The summed E-state index contributed by atoms with van der Waals surface area (Å²) in [5, 5.41) is 21.0.